The minimum Gasteiger partial charge on any atom is -0.356 e. The molecule has 1 N–H and O–H groups in total. The first-order valence-electron chi connectivity index (χ1n) is 3.72. The fraction of sp³-hybridized carbons (Fsp3) is 0.857. The van der Waals surface area contributed by atoms with E-state index in [2.05, 4.69) is 11.9 Å². The largest absolute Gasteiger partial charge is 0.356 e. The smallest absolute Gasteiger partial charge is 0.219 e. The predicted molar refractivity (Wildman–Crippen MR) is 44.3 cm³/mol. The summed E-state index contributed by atoms with van der Waals surface area (Å²) in [5.74, 6) is 0.166. The summed E-state index contributed by atoms with van der Waals surface area (Å²) in [7, 11) is 1.01. The Hall–Kier alpha value is -0.313. The summed E-state index contributed by atoms with van der Waals surface area (Å²) in [4.78, 5) is 10.7. The molecule has 0 fully saturated rings. The zero-order valence-corrected chi connectivity index (χ0v) is 7.74. The Labute approximate surface area is 65.2 Å². The lowest BCUT2D eigenvalue weighted by Gasteiger charge is -2.00. The van der Waals surface area contributed by atoms with Crippen LogP contribution in [0.3, 0.4) is 0 Å². The Morgan fingerprint density at radius 1 is 1.60 bits per heavy atom. The van der Waals surface area contributed by atoms with Crippen LogP contribution in [0.25, 0.3) is 0 Å². The molecule has 0 heterocycles. The second-order valence-corrected chi connectivity index (χ2v) is 3.37. The van der Waals surface area contributed by atoms with Crippen molar-refractivity contribution in [2.45, 2.75) is 32.4 Å². The number of hydrogen-bond acceptors (Lipinski definition) is 1. The summed E-state index contributed by atoms with van der Waals surface area (Å²) in [5, 5.41) is 2.83. The van der Waals surface area contributed by atoms with Gasteiger partial charge < -0.3 is 5.32 Å². The van der Waals surface area contributed by atoms with Crippen LogP contribution in [0, 0.1) is 0 Å². The second kappa shape index (κ2) is 6.80. The van der Waals surface area contributed by atoms with Gasteiger partial charge in [-0.1, -0.05) is 19.5 Å². The topological polar surface area (TPSA) is 29.1 Å². The highest BCUT2D eigenvalue weighted by Crippen LogP contribution is 1.85. The third-order valence-corrected chi connectivity index (χ3v) is 2.10. The van der Waals surface area contributed by atoms with Gasteiger partial charge in [-0.25, -0.2) is 0 Å². The first kappa shape index (κ1) is 9.69. The fourth-order valence-corrected chi connectivity index (χ4v) is 1.15. The average molecular weight is 157 g/mol. The first-order chi connectivity index (χ1) is 4.81. The lowest BCUT2D eigenvalue weighted by molar-refractivity contribution is -0.120. The minimum atomic E-state index is 0.166. The maximum absolute atomic E-state index is 10.7. The molecule has 2 nitrogen and oxygen atoms in total. The molecule has 0 aromatic heterocycles. The van der Waals surface area contributed by atoms with Gasteiger partial charge >= 0.3 is 0 Å². The van der Waals surface area contributed by atoms with Gasteiger partial charge in [-0.3, -0.25) is 4.79 Å². The SMILES string of the molecule is CCC(=O)NCCC[Si]C. The number of nitrogens with one attached hydrogen (secondary N) is 1. The molecular formula is C7H15NOSi. The van der Waals surface area contributed by atoms with Gasteiger partial charge in [0.1, 0.15) is 0 Å². The van der Waals surface area contributed by atoms with Crippen LogP contribution in [-0.2, 0) is 4.79 Å². The van der Waals surface area contributed by atoms with Crippen molar-refractivity contribution in [2.24, 2.45) is 0 Å². The van der Waals surface area contributed by atoms with Crippen molar-refractivity contribution >= 4 is 15.4 Å². The Kier molecular flexibility index (Phi) is 6.59. The molecule has 0 aliphatic heterocycles. The Balaban J connectivity index is 2.96. The van der Waals surface area contributed by atoms with Crippen LogP contribution in [0.5, 0.6) is 0 Å². The van der Waals surface area contributed by atoms with Gasteiger partial charge in [0, 0.05) is 22.5 Å². The highest BCUT2D eigenvalue weighted by atomic mass is 28.2. The molecule has 3 heteroatoms. The molecule has 0 spiro atoms. The summed E-state index contributed by atoms with van der Waals surface area (Å²) >= 11 is 0. The quantitative estimate of drug-likeness (QED) is 0.469. The molecule has 10 heavy (non-hydrogen) atoms. The van der Waals surface area contributed by atoms with Crippen LogP contribution in [0.15, 0.2) is 0 Å². The average Bonchev–Trinajstić information content (AvgIpc) is 1.98. The number of hydrogen-bond donors (Lipinski definition) is 1. The van der Waals surface area contributed by atoms with Crippen molar-refractivity contribution in [3.63, 3.8) is 0 Å². The van der Waals surface area contributed by atoms with E-state index >= 15 is 0 Å². The summed E-state index contributed by atoms with van der Waals surface area (Å²) in [6.45, 7) is 4.91. The van der Waals surface area contributed by atoms with Gasteiger partial charge in [0.15, 0.2) is 0 Å². The molecule has 0 aliphatic carbocycles. The van der Waals surface area contributed by atoms with E-state index in [0.717, 1.165) is 22.5 Å². The molecule has 0 aromatic carbocycles. The molecule has 0 saturated heterocycles. The van der Waals surface area contributed by atoms with Crippen LogP contribution in [0.4, 0.5) is 0 Å². The van der Waals surface area contributed by atoms with Gasteiger partial charge in [-0.15, -0.1) is 0 Å². The minimum absolute atomic E-state index is 0.166. The molecule has 0 aromatic rings. The number of carbonyl (C=O) groups is 1. The summed E-state index contributed by atoms with van der Waals surface area (Å²) in [6.07, 6.45) is 1.73. The van der Waals surface area contributed by atoms with E-state index in [-0.39, 0.29) is 5.91 Å². The molecule has 0 aliphatic rings. The monoisotopic (exact) mass is 157 g/mol. The van der Waals surface area contributed by atoms with E-state index in [1.807, 2.05) is 6.92 Å². The molecule has 1 amide bonds. The maximum atomic E-state index is 10.7. The molecule has 2 radical (unpaired) electrons. The van der Waals surface area contributed by atoms with Crippen LogP contribution >= 0.6 is 0 Å². The van der Waals surface area contributed by atoms with Gasteiger partial charge in [-0.05, 0) is 6.42 Å². The van der Waals surface area contributed by atoms with E-state index in [4.69, 9.17) is 0 Å². The van der Waals surface area contributed by atoms with Crippen molar-refractivity contribution in [3.05, 3.63) is 0 Å². The Morgan fingerprint density at radius 3 is 2.80 bits per heavy atom. The number of rotatable bonds is 5. The van der Waals surface area contributed by atoms with Gasteiger partial charge in [-0.2, -0.15) is 0 Å². The van der Waals surface area contributed by atoms with E-state index < -0.39 is 0 Å². The molecule has 0 bridgehead atoms. The van der Waals surface area contributed by atoms with Crippen molar-refractivity contribution in [3.8, 4) is 0 Å². The molecule has 0 rings (SSSR count). The van der Waals surface area contributed by atoms with E-state index in [9.17, 15) is 4.79 Å². The Morgan fingerprint density at radius 2 is 2.30 bits per heavy atom. The maximum Gasteiger partial charge on any atom is 0.219 e. The fourth-order valence-electron chi connectivity index (χ4n) is 0.618. The second-order valence-electron chi connectivity index (χ2n) is 2.16. The molecule has 0 saturated carbocycles. The van der Waals surface area contributed by atoms with E-state index in [1.54, 1.807) is 0 Å². The van der Waals surface area contributed by atoms with E-state index in [1.165, 1.54) is 6.04 Å². The number of carbonyl (C=O) groups excluding carboxylic acids is 1. The van der Waals surface area contributed by atoms with Gasteiger partial charge in [0.25, 0.3) is 0 Å². The highest BCUT2D eigenvalue weighted by Gasteiger charge is 1.93. The van der Waals surface area contributed by atoms with Crippen molar-refractivity contribution < 1.29 is 4.79 Å². The molecule has 0 unspecified atom stereocenters. The zero-order valence-electron chi connectivity index (χ0n) is 6.74. The number of amides is 1. The molecule has 58 valence electrons. The van der Waals surface area contributed by atoms with Crippen molar-refractivity contribution in [1.82, 2.24) is 5.32 Å². The van der Waals surface area contributed by atoms with Crippen molar-refractivity contribution in [2.75, 3.05) is 6.54 Å². The van der Waals surface area contributed by atoms with Crippen LogP contribution in [0.2, 0.25) is 12.6 Å². The van der Waals surface area contributed by atoms with Crippen LogP contribution in [0.1, 0.15) is 19.8 Å². The third-order valence-electron chi connectivity index (χ3n) is 1.25. The normalized spacial score (nSPS) is 9.40. The van der Waals surface area contributed by atoms with E-state index in [0.29, 0.717) is 6.42 Å². The molecule has 0 atom stereocenters. The molecular weight excluding hydrogens is 142 g/mol. The predicted octanol–water partition coefficient (Wildman–Crippen LogP) is 1.07. The lowest BCUT2D eigenvalue weighted by Crippen LogP contribution is -2.23. The first-order valence-corrected chi connectivity index (χ1v) is 5.43. The summed E-state index contributed by atoms with van der Waals surface area (Å²) in [5.41, 5.74) is 0. The summed E-state index contributed by atoms with van der Waals surface area (Å²) < 4.78 is 0. The Bertz CT molecular complexity index is 95.6. The summed E-state index contributed by atoms with van der Waals surface area (Å²) in [6, 6.07) is 1.24. The zero-order chi connectivity index (χ0) is 7.82. The lowest BCUT2D eigenvalue weighted by atomic mass is 10.4. The third kappa shape index (κ3) is 5.82. The van der Waals surface area contributed by atoms with Crippen LogP contribution < -0.4 is 5.32 Å². The standard InChI is InChI=1S/C7H15NOSi/c1-3-7(9)8-5-4-6-10-2/h3-6H2,1-2H3,(H,8,9). The highest BCUT2D eigenvalue weighted by molar-refractivity contribution is 6.33. The van der Waals surface area contributed by atoms with Crippen LogP contribution in [-0.4, -0.2) is 22.0 Å². The van der Waals surface area contributed by atoms with Gasteiger partial charge in [0.05, 0.1) is 0 Å². The van der Waals surface area contributed by atoms with Gasteiger partial charge in [0.2, 0.25) is 5.91 Å². The van der Waals surface area contributed by atoms with Crippen molar-refractivity contribution in [1.29, 1.82) is 0 Å².